The smallest absolute Gasteiger partial charge is 0.494 e. The monoisotopic (exact) mass is 718 g/mol. The number of nitrogens with zero attached hydrogens (tertiary/aromatic N) is 6. The summed E-state index contributed by atoms with van der Waals surface area (Å²) in [6, 6.07) is 23.2. The fourth-order valence-corrected chi connectivity index (χ4v) is 2.06. The van der Waals surface area contributed by atoms with Crippen LogP contribution in [0.3, 0.4) is 0 Å². The van der Waals surface area contributed by atoms with Gasteiger partial charge in [0.1, 0.15) is 0 Å². The molecule has 4 rings (SSSR count). The van der Waals surface area contributed by atoms with Gasteiger partial charge >= 0.3 is 34.1 Å². The zero-order valence-corrected chi connectivity index (χ0v) is 23.9. The summed E-state index contributed by atoms with van der Waals surface area (Å²) in [6.07, 6.45) is 9.07. The van der Waals surface area contributed by atoms with Crippen LogP contribution in [0.15, 0.2) is 97.6 Å². The van der Waals surface area contributed by atoms with Crippen molar-refractivity contribution in [2.75, 3.05) is 0 Å². The van der Waals surface area contributed by atoms with Gasteiger partial charge in [-0.3, -0.25) is 19.9 Å². The summed E-state index contributed by atoms with van der Waals surface area (Å²) in [7, 11) is -9.89. The number of halogens is 2. The molecule has 0 atom stereocenters. The summed E-state index contributed by atoms with van der Waals surface area (Å²) < 4.78 is 67.9. The minimum Gasteiger partial charge on any atom is -0.494 e. The zero-order valence-electron chi connectivity index (χ0n) is 20.5. The molecule has 0 fully saturated rings. The van der Waals surface area contributed by atoms with Crippen molar-refractivity contribution in [2.45, 2.75) is 0 Å². The van der Waals surface area contributed by atoms with Crippen molar-refractivity contribution >= 4 is 0 Å². The number of aromatic nitrogens is 4. The predicted octanol–water partition coefficient (Wildman–Crippen LogP) is -4.19. The molecule has 0 amide bonds. The van der Waals surface area contributed by atoms with Crippen LogP contribution >= 0.6 is 0 Å². The van der Waals surface area contributed by atoms with Gasteiger partial charge in [0.05, 0.1) is 22.8 Å². The van der Waals surface area contributed by atoms with E-state index in [9.17, 15) is 0 Å². The van der Waals surface area contributed by atoms with Crippen LogP contribution in [0.5, 0.6) is 0 Å². The van der Waals surface area contributed by atoms with Crippen LogP contribution in [-0.2, 0) is 34.1 Å². The summed E-state index contributed by atoms with van der Waals surface area (Å²) in [5, 5.41) is 14.0. The first-order chi connectivity index (χ1) is 18.8. The van der Waals surface area contributed by atoms with Crippen molar-refractivity contribution in [3.05, 3.63) is 109 Å². The summed E-state index contributed by atoms with van der Waals surface area (Å²) >= 11 is 0. The topological polar surface area (TPSA) is 331 Å². The normalized spacial score (nSPS) is 8.71. The Kier molecular flexibility index (Phi) is 29.9. The fourth-order valence-electron chi connectivity index (χ4n) is 2.06. The molecule has 0 saturated carbocycles. The van der Waals surface area contributed by atoms with Gasteiger partial charge < -0.3 is 22.0 Å². The summed E-state index contributed by atoms with van der Waals surface area (Å²) in [4.78, 5) is 16.7. The van der Waals surface area contributed by atoms with E-state index >= 15 is 0 Å². The molecule has 20 heteroatoms. The van der Waals surface area contributed by atoms with Gasteiger partial charge in [0.25, 0.3) is 0 Å². The first-order valence-electron chi connectivity index (χ1n) is 9.76. The molecular formula is C22H18Cl2Cu2N8O8. The van der Waals surface area contributed by atoms with Crippen molar-refractivity contribution in [1.82, 2.24) is 19.9 Å². The third-order valence-corrected chi connectivity index (χ3v) is 3.18. The van der Waals surface area contributed by atoms with Gasteiger partial charge in [-0.15, -0.1) is 20.5 Å². The third kappa shape index (κ3) is 34.5. The Morgan fingerprint density at radius 2 is 0.595 bits per heavy atom. The van der Waals surface area contributed by atoms with E-state index in [0.717, 1.165) is 35.2 Å². The molecule has 0 bridgehead atoms. The van der Waals surface area contributed by atoms with E-state index in [-0.39, 0.29) is 34.1 Å². The molecule has 0 aliphatic carbocycles. The Morgan fingerprint density at radius 3 is 0.690 bits per heavy atom. The number of hydrogen-bond acceptors (Lipinski definition) is 14. The summed E-state index contributed by atoms with van der Waals surface area (Å²) in [5.41, 5.74) is 14.7. The molecule has 4 aromatic rings. The molecule has 2 radical (unpaired) electrons. The maximum atomic E-state index is 8.49. The Labute approximate surface area is 265 Å². The molecule has 42 heavy (non-hydrogen) atoms. The molecule has 4 aromatic heterocycles. The number of rotatable bonds is 2. The van der Waals surface area contributed by atoms with Gasteiger partial charge in [0, 0.05) is 24.8 Å². The molecule has 0 saturated heterocycles. The largest absolute Gasteiger partial charge is 2.00 e. The van der Waals surface area contributed by atoms with Crippen molar-refractivity contribution in [1.29, 1.82) is 10.5 Å². The quantitative estimate of drug-likeness (QED) is 0.140. The van der Waals surface area contributed by atoms with Crippen LogP contribution in [-0.4, -0.2) is 19.9 Å². The van der Waals surface area contributed by atoms with E-state index in [0.29, 0.717) is 0 Å². The minimum absolute atomic E-state index is 0. The number of nitriles is 2. The van der Waals surface area contributed by atoms with E-state index in [4.69, 9.17) is 59.3 Å². The van der Waals surface area contributed by atoms with Gasteiger partial charge in [-0.1, -0.05) is 36.7 Å². The number of hydrogen-bond donors (Lipinski definition) is 0. The standard InChI is InChI=1S/2C10H8N2.2CHN2.2ClHO4.2Cu/c2*1-3-7-11-9(5-1)10-6-2-4-8-12-10;2*2-1-3;2*2-1(3,4)5;;/h2*1-8H;2*2H;2*(H,2,3,4,5);;/q;;2*-1;;;2*+2/p-2. The number of nitrogens with one attached hydrogen (secondary N) is 2. The van der Waals surface area contributed by atoms with Gasteiger partial charge in [-0.25, -0.2) is 37.3 Å². The van der Waals surface area contributed by atoms with Crippen molar-refractivity contribution in [2.24, 2.45) is 0 Å². The van der Waals surface area contributed by atoms with Gasteiger partial charge in [-0.05, 0) is 48.5 Å². The van der Waals surface area contributed by atoms with Crippen LogP contribution in [0.4, 0.5) is 0 Å². The predicted molar refractivity (Wildman–Crippen MR) is 115 cm³/mol. The summed E-state index contributed by atoms with van der Waals surface area (Å²) in [5.74, 6) is 0. The minimum atomic E-state index is -4.94. The average molecular weight is 720 g/mol. The van der Waals surface area contributed by atoms with Crippen LogP contribution in [0.1, 0.15) is 0 Å². The van der Waals surface area contributed by atoms with E-state index in [1.165, 1.54) is 0 Å². The van der Waals surface area contributed by atoms with Crippen molar-refractivity contribution < 1.29 is 91.9 Å². The van der Waals surface area contributed by atoms with Crippen LogP contribution in [0.2, 0.25) is 0 Å². The second-order valence-corrected chi connectivity index (χ2v) is 7.35. The van der Waals surface area contributed by atoms with Crippen molar-refractivity contribution in [3.63, 3.8) is 0 Å². The Morgan fingerprint density at radius 1 is 0.452 bits per heavy atom. The van der Waals surface area contributed by atoms with Gasteiger partial charge in [-0.2, -0.15) is 0 Å². The molecule has 16 nitrogen and oxygen atoms in total. The second-order valence-electron chi connectivity index (χ2n) is 5.84. The molecule has 0 unspecified atom stereocenters. The molecule has 0 aliphatic rings. The van der Waals surface area contributed by atoms with Gasteiger partial charge in [0.2, 0.25) is 0 Å². The maximum Gasteiger partial charge on any atom is 2.00 e. The molecule has 4 heterocycles. The summed E-state index contributed by atoms with van der Waals surface area (Å²) in [6.45, 7) is 0. The first kappa shape index (κ1) is 45.5. The van der Waals surface area contributed by atoms with E-state index < -0.39 is 20.5 Å². The molecule has 2 N–H and O–H groups in total. The average Bonchev–Trinajstić information content (AvgIpc) is 2.90. The molecule has 230 valence electrons. The van der Waals surface area contributed by atoms with Crippen LogP contribution < -0.4 is 37.3 Å². The Balaban J connectivity index is -0.000000225. The third-order valence-electron chi connectivity index (χ3n) is 3.18. The van der Waals surface area contributed by atoms with E-state index in [2.05, 4.69) is 19.9 Å². The molecule has 0 spiro atoms. The Hall–Kier alpha value is -3.52. The van der Waals surface area contributed by atoms with Crippen LogP contribution in [0, 0.1) is 43.4 Å². The van der Waals surface area contributed by atoms with Crippen LogP contribution in [0.25, 0.3) is 34.2 Å². The first-order valence-corrected chi connectivity index (χ1v) is 12.2. The van der Waals surface area contributed by atoms with Gasteiger partial charge in [0.15, 0.2) is 0 Å². The molecular weight excluding hydrogens is 702 g/mol. The zero-order chi connectivity index (χ0) is 30.9. The second kappa shape index (κ2) is 27.6. The van der Waals surface area contributed by atoms with Crippen molar-refractivity contribution in [3.8, 4) is 35.2 Å². The van der Waals surface area contributed by atoms with E-state index in [1.54, 1.807) is 24.8 Å². The molecule has 0 aromatic carbocycles. The molecule has 0 aliphatic heterocycles. The van der Waals surface area contributed by atoms with E-state index in [1.807, 2.05) is 72.8 Å². The fraction of sp³-hybridized carbons (Fsp3) is 0. The SMILES string of the molecule is N#C[NH-].N#C[NH-].[Cu+2].[Cu+2].[O-][Cl+3]([O-])([O-])[O-].[O-][Cl+3]([O-])([O-])[O-].c1ccc(-c2ccccn2)nc1.c1ccc(-c2ccccn2)nc1. The maximum absolute atomic E-state index is 8.49. The Bertz CT molecular complexity index is 1050. The number of pyridine rings is 4.